The number of carboxylic acids is 1. The number of nitrogens with zero attached hydrogens (tertiary/aromatic N) is 4. The number of carbonyl (C=O) groups is 4. The Morgan fingerprint density at radius 2 is 1.39 bits per heavy atom. The first-order valence-corrected chi connectivity index (χ1v) is 11.6. The molecule has 0 unspecified atom stereocenters. The van der Waals surface area contributed by atoms with E-state index in [1.165, 1.54) is 22.7 Å². The van der Waals surface area contributed by atoms with Crippen LogP contribution in [0.1, 0.15) is 23.1 Å². The Kier molecular flexibility index (Phi) is 11.0. The molecule has 180 valence electrons. The van der Waals surface area contributed by atoms with Crippen molar-refractivity contribution in [2.45, 2.75) is 26.6 Å². The van der Waals surface area contributed by atoms with Gasteiger partial charge >= 0.3 is 24.1 Å². The highest BCUT2D eigenvalue weighted by Crippen LogP contribution is 2.10. The first kappa shape index (κ1) is 26.0. The maximum absolute atomic E-state index is 12.5. The van der Waals surface area contributed by atoms with E-state index in [4.69, 9.17) is 19.3 Å². The lowest BCUT2D eigenvalue weighted by Crippen LogP contribution is -2.41. The van der Waals surface area contributed by atoms with Crippen molar-refractivity contribution in [3.8, 4) is 0 Å². The van der Waals surface area contributed by atoms with Gasteiger partial charge in [0.2, 0.25) is 0 Å². The van der Waals surface area contributed by atoms with Gasteiger partial charge in [0, 0.05) is 25.5 Å². The summed E-state index contributed by atoms with van der Waals surface area (Å²) in [5.74, 6) is -1.82. The number of ether oxygens (including phenoxy) is 3. The second-order valence-electron chi connectivity index (χ2n) is 6.44. The van der Waals surface area contributed by atoms with Crippen molar-refractivity contribution in [3.05, 3.63) is 33.2 Å². The fourth-order valence-corrected chi connectivity index (χ4v) is 3.53. The van der Waals surface area contributed by atoms with Crippen LogP contribution in [0.5, 0.6) is 0 Å². The lowest BCUT2D eigenvalue weighted by atomic mass is 10.3. The van der Waals surface area contributed by atoms with E-state index >= 15 is 0 Å². The highest BCUT2D eigenvalue weighted by Gasteiger charge is 2.22. The number of hydrogen-bond donors (Lipinski definition) is 1. The van der Waals surface area contributed by atoms with Crippen LogP contribution in [-0.4, -0.2) is 81.8 Å². The predicted molar refractivity (Wildman–Crippen MR) is 117 cm³/mol. The fraction of sp³-hybridized carbons (Fsp3) is 0.474. The number of carbonyl (C=O) groups excluding carboxylic acids is 3. The Labute approximate surface area is 197 Å². The molecule has 0 bridgehead atoms. The van der Waals surface area contributed by atoms with Crippen LogP contribution in [0.3, 0.4) is 0 Å². The number of rotatable bonds is 13. The van der Waals surface area contributed by atoms with E-state index < -0.39 is 30.7 Å². The van der Waals surface area contributed by atoms with Crippen LogP contribution in [0.25, 0.3) is 0 Å². The summed E-state index contributed by atoms with van der Waals surface area (Å²) in [7, 11) is 0. The van der Waals surface area contributed by atoms with Crippen LogP contribution in [0, 0.1) is 0 Å². The van der Waals surface area contributed by atoms with Crippen molar-refractivity contribution in [1.82, 2.24) is 19.8 Å². The maximum Gasteiger partial charge on any atom is 0.410 e. The van der Waals surface area contributed by atoms with Gasteiger partial charge in [-0.1, -0.05) is 0 Å². The topological polar surface area (TPSA) is 148 Å². The van der Waals surface area contributed by atoms with E-state index in [-0.39, 0.29) is 45.9 Å². The van der Waals surface area contributed by atoms with Crippen molar-refractivity contribution >= 4 is 46.8 Å². The van der Waals surface area contributed by atoms with Crippen LogP contribution in [0.15, 0.2) is 23.4 Å². The molecule has 0 aliphatic carbocycles. The summed E-state index contributed by atoms with van der Waals surface area (Å²) in [5.41, 5.74) is 3.19. The van der Waals surface area contributed by atoms with Gasteiger partial charge < -0.3 is 19.3 Å². The summed E-state index contributed by atoms with van der Waals surface area (Å²) in [4.78, 5) is 59.2. The number of aliphatic carboxylic acids is 1. The third kappa shape index (κ3) is 9.82. The van der Waals surface area contributed by atoms with Crippen molar-refractivity contribution < 1.29 is 38.5 Å². The molecule has 0 aromatic carbocycles. The molecular weight excluding hydrogens is 476 g/mol. The van der Waals surface area contributed by atoms with E-state index in [2.05, 4.69) is 9.97 Å². The van der Waals surface area contributed by atoms with Crippen LogP contribution in [0.4, 0.5) is 9.59 Å². The summed E-state index contributed by atoms with van der Waals surface area (Å²) >= 11 is 2.62. The van der Waals surface area contributed by atoms with Gasteiger partial charge in [-0.05, 0) is 13.3 Å². The molecule has 0 radical (unpaired) electrons. The van der Waals surface area contributed by atoms with Gasteiger partial charge in [0.15, 0.2) is 0 Å². The molecule has 0 aliphatic heterocycles. The van der Waals surface area contributed by atoms with E-state index in [1.54, 1.807) is 30.3 Å². The maximum atomic E-state index is 12.5. The van der Waals surface area contributed by atoms with Gasteiger partial charge in [0.1, 0.15) is 26.3 Å². The number of thiazole rings is 2. The minimum atomic E-state index is -1.21. The minimum Gasteiger partial charge on any atom is -0.480 e. The molecular formula is C19H24N4O8S2. The first-order valence-electron chi connectivity index (χ1n) is 9.84. The zero-order chi connectivity index (χ0) is 24.1. The quantitative estimate of drug-likeness (QED) is 0.320. The molecule has 2 aromatic rings. The van der Waals surface area contributed by atoms with Crippen molar-refractivity contribution in [1.29, 1.82) is 0 Å². The Balaban J connectivity index is 1.91. The molecule has 0 atom stereocenters. The second-order valence-corrected chi connectivity index (χ2v) is 8.38. The molecule has 0 fully saturated rings. The fourth-order valence-electron chi connectivity index (χ4n) is 2.52. The molecule has 0 saturated heterocycles. The monoisotopic (exact) mass is 500 g/mol. The smallest absolute Gasteiger partial charge is 0.410 e. The minimum absolute atomic E-state index is 0.00212. The number of amides is 2. The number of aromatic nitrogens is 2. The Bertz CT molecular complexity index is 892. The van der Waals surface area contributed by atoms with Gasteiger partial charge in [-0.25, -0.2) is 9.59 Å². The summed E-state index contributed by atoms with van der Waals surface area (Å²) in [6, 6.07) is 0. The lowest BCUT2D eigenvalue weighted by molar-refractivity contribution is -0.144. The molecule has 12 nitrogen and oxygen atoms in total. The molecule has 0 spiro atoms. The normalized spacial score (nSPS) is 10.3. The highest BCUT2D eigenvalue weighted by molar-refractivity contribution is 7.09. The molecule has 14 heteroatoms. The summed E-state index contributed by atoms with van der Waals surface area (Å²) in [5, 5.41) is 9.11. The predicted octanol–water partition coefficient (Wildman–Crippen LogP) is 2.21. The second kappa shape index (κ2) is 14.0. The average Bonchev–Trinajstić information content (AvgIpc) is 3.48. The van der Waals surface area contributed by atoms with Crippen LogP contribution in [0.2, 0.25) is 0 Å². The van der Waals surface area contributed by atoms with Gasteiger partial charge in [0.05, 0.1) is 27.4 Å². The van der Waals surface area contributed by atoms with Gasteiger partial charge in [-0.15, -0.1) is 22.7 Å². The van der Waals surface area contributed by atoms with E-state index in [9.17, 15) is 19.2 Å². The molecule has 33 heavy (non-hydrogen) atoms. The molecule has 2 rings (SSSR count). The van der Waals surface area contributed by atoms with Crippen LogP contribution >= 0.6 is 22.7 Å². The van der Waals surface area contributed by atoms with Gasteiger partial charge in [0.25, 0.3) is 0 Å². The van der Waals surface area contributed by atoms with Crippen molar-refractivity contribution in [3.63, 3.8) is 0 Å². The average molecular weight is 501 g/mol. The molecule has 1 N–H and O–H groups in total. The summed E-state index contributed by atoms with van der Waals surface area (Å²) in [6.45, 7) is 0.857. The molecule has 0 aliphatic rings. The largest absolute Gasteiger partial charge is 0.480 e. The van der Waals surface area contributed by atoms with Crippen molar-refractivity contribution in [2.24, 2.45) is 0 Å². The third-order valence-corrected chi connectivity index (χ3v) is 5.47. The SMILES string of the molecule is CCOC(=O)CN(CCCN(CC(=O)O)C(=O)OCc1cncs1)C(=O)OCc1cncs1. The van der Waals surface area contributed by atoms with Gasteiger partial charge in [-0.2, -0.15) is 0 Å². The van der Waals surface area contributed by atoms with Crippen molar-refractivity contribution in [2.75, 3.05) is 32.8 Å². The zero-order valence-electron chi connectivity index (χ0n) is 17.9. The van der Waals surface area contributed by atoms with Crippen LogP contribution < -0.4 is 0 Å². The zero-order valence-corrected chi connectivity index (χ0v) is 19.5. The lowest BCUT2D eigenvalue weighted by Gasteiger charge is -2.24. The van der Waals surface area contributed by atoms with Crippen LogP contribution in [-0.2, 0) is 37.0 Å². The van der Waals surface area contributed by atoms with Gasteiger partial charge in [-0.3, -0.25) is 29.4 Å². The molecule has 2 heterocycles. The summed E-state index contributed by atoms with van der Waals surface area (Å²) < 4.78 is 15.3. The third-order valence-electron chi connectivity index (χ3n) is 3.97. The van der Waals surface area contributed by atoms with E-state index in [0.717, 1.165) is 14.7 Å². The summed E-state index contributed by atoms with van der Waals surface area (Å²) in [6.07, 6.45) is 1.74. The van der Waals surface area contributed by atoms with E-state index in [0.29, 0.717) is 4.88 Å². The Morgan fingerprint density at radius 3 is 1.82 bits per heavy atom. The Morgan fingerprint density at radius 1 is 0.879 bits per heavy atom. The number of hydrogen-bond acceptors (Lipinski definition) is 11. The molecule has 2 amide bonds. The Hall–Kier alpha value is -3.26. The number of esters is 1. The molecule has 0 saturated carbocycles. The first-order chi connectivity index (χ1) is 15.9. The number of carboxylic acid groups (broad SMARTS) is 1. The van der Waals surface area contributed by atoms with E-state index in [1.807, 2.05) is 0 Å². The standard InChI is InChI=1S/C19H24N4O8S2/c1-2-29-17(26)9-23(19(28)31-11-15-7-21-13-33-15)5-3-4-22(8-16(24)25)18(27)30-10-14-6-20-12-32-14/h6-7,12-13H,2-5,8-11H2,1H3,(H,24,25). The molecule has 2 aromatic heterocycles. The highest BCUT2D eigenvalue weighted by atomic mass is 32.1.